The van der Waals surface area contributed by atoms with Crippen LogP contribution >= 0.6 is 15.9 Å². The van der Waals surface area contributed by atoms with E-state index in [1.54, 1.807) is 6.07 Å². The highest BCUT2D eigenvalue weighted by atomic mass is 79.9. The van der Waals surface area contributed by atoms with Gasteiger partial charge in [0.15, 0.2) is 0 Å². The number of hydrogen-bond donors (Lipinski definition) is 1. The molecule has 0 radical (unpaired) electrons. The van der Waals surface area contributed by atoms with E-state index in [2.05, 4.69) is 33.1 Å². The van der Waals surface area contributed by atoms with E-state index in [0.29, 0.717) is 4.47 Å². The molecule has 0 amide bonds. The maximum absolute atomic E-state index is 13.5. The number of hydrogen-bond acceptors (Lipinski definition) is 2. The molecule has 1 unspecified atom stereocenters. The van der Waals surface area contributed by atoms with E-state index in [-0.39, 0.29) is 11.4 Å². The zero-order valence-electron chi connectivity index (χ0n) is 11.5. The summed E-state index contributed by atoms with van der Waals surface area (Å²) >= 11 is 3.30. The molecule has 19 heavy (non-hydrogen) atoms. The van der Waals surface area contributed by atoms with Crippen molar-refractivity contribution in [1.82, 2.24) is 5.32 Å². The predicted molar refractivity (Wildman–Crippen MR) is 80.2 cm³/mol. The molecule has 0 spiro atoms. The van der Waals surface area contributed by atoms with Gasteiger partial charge < -0.3 is 10.2 Å². The number of anilines is 1. The molecule has 1 heterocycles. The summed E-state index contributed by atoms with van der Waals surface area (Å²) in [6.07, 6.45) is 2.67. The van der Waals surface area contributed by atoms with E-state index in [1.165, 1.54) is 12.8 Å². The minimum absolute atomic E-state index is 0.179. The van der Waals surface area contributed by atoms with Crippen molar-refractivity contribution in [1.29, 1.82) is 0 Å². The first-order chi connectivity index (χ1) is 8.99. The van der Waals surface area contributed by atoms with Gasteiger partial charge in [0.05, 0.1) is 4.47 Å². The lowest BCUT2D eigenvalue weighted by molar-refractivity contribution is 0.285. The molecule has 104 valence electrons. The first-order valence-corrected chi connectivity index (χ1v) is 7.74. The number of benzene rings is 1. The molecule has 2 aliphatic rings. The lowest BCUT2D eigenvalue weighted by Crippen LogP contribution is -2.60. The highest BCUT2D eigenvalue weighted by Gasteiger charge is 2.44. The Bertz CT molecular complexity index is 501. The number of aryl methyl sites for hydroxylation is 1. The van der Waals surface area contributed by atoms with Crippen molar-refractivity contribution in [2.45, 2.75) is 32.2 Å². The van der Waals surface area contributed by atoms with Crippen LogP contribution in [0.4, 0.5) is 10.1 Å². The molecule has 2 nitrogen and oxygen atoms in total. The van der Waals surface area contributed by atoms with Gasteiger partial charge in [-0.05, 0) is 66.2 Å². The quantitative estimate of drug-likeness (QED) is 0.895. The zero-order valence-corrected chi connectivity index (χ0v) is 13.1. The monoisotopic (exact) mass is 326 g/mol. The molecule has 1 N–H and O–H groups in total. The van der Waals surface area contributed by atoms with Gasteiger partial charge in [-0.2, -0.15) is 0 Å². The Morgan fingerprint density at radius 1 is 1.42 bits per heavy atom. The molecule has 1 atom stereocenters. The molecule has 0 aromatic heterocycles. The van der Waals surface area contributed by atoms with Gasteiger partial charge in [0.25, 0.3) is 0 Å². The van der Waals surface area contributed by atoms with Crippen LogP contribution in [0.3, 0.4) is 0 Å². The van der Waals surface area contributed by atoms with Crippen LogP contribution in [0.2, 0.25) is 0 Å². The molecule has 3 rings (SSSR count). The summed E-state index contributed by atoms with van der Waals surface area (Å²) in [6, 6.07) is 3.54. The van der Waals surface area contributed by atoms with Crippen molar-refractivity contribution in [2.24, 2.45) is 5.92 Å². The van der Waals surface area contributed by atoms with Crippen molar-refractivity contribution in [2.75, 3.05) is 24.5 Å². The highest BCUT2D eigenvalue weighted by molar-refractivity contribution is 9.10. The van der Waals surface area contributed by atoms with Crippen LogP contribution in [0.1, 0.15) is 25.3 Å². The van der Waals surface area contributed by atoms with E-state index < -0.39 is 0 Å². The largest absolute Gasteiger partial charge is 0.368 e. The van der Waals surface area contributed by atoms with Gasteiger partial charge in [-0.15, -0.1) is 0 Å². The maximum Gasteiger partial charge on any atom is 0.137 e. The Morgan fingerprint density at radius 2 is 2.16 bits per heavy atom. The number of nitrogens with one attached hydrogen (secondary N) is 1. The molecular weight excluding hydrogens is 307 g/mol. The fourth-order valence-corrected chi connectivity index (χ4v) is 3.52. The number of halogens is 2. The lowest BCUT2D eigenvalue weighted by Gasteiger charge is -2.43. The summed E-state index contributed by atoms with van der Waals surface area (Å²) in [7, 11) is 0. The molecule has 4 heteroatoms. The Hall–Kier alpha value is -0.610. The Kier molecular flexibility index (Phi) is 3.34. The summed E-state index contributed by atoms with van der Waals surface area (Å²) in [4.78, 5) is 2.40. The average molecular weight is 327 g/mol. The number of rotatable bonds is 2. The van der Waals surface area contributed by atoms with Gasteiger partial charge in [-0.25, -0.2) is 4.39 Å². The Balaban J connectivity index is 1.87. The van der Waals surface area contributed by atoms with Crippen LogP contribution in [-0.4, -0.2) is 25.2 Å². The fraction of sp³-hybridized carbons (Fsp3) is 0.600. The SMILES string of the molecule is Cc1cc(F)c(Br)cc1N1CCNC(C)(C2CC2)C1. The van der Waals surface area contributed by atoms with Crippen molar-refractivity contribution in [3.8, 4) is 0 Å². The number of nitrogens with zero attached hydrogens (tertiary/aromatic N) is 1. The van der Waals surface area contributed by atoms with Gasteiger partial charge in [0.2, 0.25) is 0 Å². The van der Waals surface area contributed by atoms with Gasteiger partial charge in [-0.1, -0.05) is 0 Å². The molecule has 1 saturated heterocycles. The molecule has 2 fully saturated rings. The second-order valence-electron chi connectivity index (χ2n) is 6.09. The van der Waals surface area contributed by atoms with Gasteiger partial charge in [0.1, 0.15) is 5.82 Å². The maximum atomic E-state index is 13.5. The second-order valence-corrected chi connectivity index (χ2v) is 6.95. The number of piperazine rings is 1. The topological polar surface area (TPSA) is 15.3 Å². The smallest absolute Gasteiger partial charge is 0.137 e. The molecule has 1 aliphatic carbocycles. The van der Waals surface area contributed by atoms with Crippen LogP contribution in [0, 0.1) is 18.7 Å². The van der Waals surface area contributed by atoms with Crippen LogP contribution in [0.15, 0.2) is 16.6 Å². The van der Waals surface area contributed by atoms with Crippen molar-refractivity contribution in [3.63, 3.8) is 0 Å². The summed E-state index contributed by atoms with van der Waals surface area (Å²) in [5.41, 5.74) is 2.38. The van der Waals surface area contributed by atoms with Crippen molar-refractivity contribution < 1.29 is 4.39 Å². The van der Waals surface area contributed by atoms with Crippen LogP contribution < -0.4 is 10.2 Å². The third-order valence-corrected chi connectivity index (χ3v) is 5.10. The van der Waals surface area contributed by atoms with Gasteiger partial charge >= 0.3 is 0 Å². The summed E-state index contributed by atoms with van der Waals surface area (Å²) in [6.45, 7) is 7.31. The Morgan fingerprint density at radius 3 is 2.84 bits per heavy atom. The molecular formula is C15H20BrFN2. The highest BCUT2D eigenvalue weighted by Crippen LogP contribution is 2.41. The van der Waals surface area contributed by atoms with Crippen molar-refractivity contribution in [3.05, 3.63) is 28.0 Å². The van der Waals surface area contributed by atoms with Crippen LogP contribution in [-0.2, 0) is 0 Å². The van der Waals surface area contributed by atoms with Crippen LogP contribution in [0.25, 0.3) is 0 Å². The molecule has 1 aromatic carbocycles. The first-order valence-electron chi connectivity index (χ1n) is 6.95. The van der Waals surface area contributed by atoms with Gasteiger partial charge in [0, 0.05) is 30.9 Å². The zero-order chi connectivity index (χ0) is 13.6. The Labute approximate surface area is 122 Å². The van der Waals surface area contributed by atoms with E-state index in [4.69, 9.17) is 0 Å². The standard InChI is InChI=1S/C15H20BrFN2/c1-10-7-13(17)12(16)8-14(10)19-6-5-18-15(2,9-19)11-3-4-11/h7-8,11,18H,3-6,9H2,1-2H3. The summed E-state index contributed by atoms with van der Waals surface area (Å²) in [5, 5.41) is 3.68. The molecule has 1 aromatic rings. The third-order valence-electron chi connectivity index (χ3n) is 4.49. The molecule has 1 aliphatic heterocycles. The van der Waals surface area contributed by atoms with E-state index in [9.17, 15) is 4.39 Å². The van der Waals surface area contributed by atoms with Crippen molar-refractivity contribution >= 4 is 21.6 Å². The van der Waals surface area contributed by atoms with E-state index in [0.717, 1.165) is 36.8 Å². The van der Waals surface area contributed by atoms with E-state index >= 15 is 0 Å². The third kappa shape index (κ3) is 2.52. The van der Waals surface area contributed by atoms with E-state index in [1.807, 2.05) is 13.0 Å². The summed E-state index contributed by atoms with van der Waals surface area (Å²) in [5.74, 6) is 0.626. The second kappa shape index (κ2) is 4.74. The predicted octanol–water partition coefficient (Wildman–Crippen LogP) is 3.47. The normalized spacial score (nSPS) is 27.7. The first kappa shape index (κ1) is 13.4. The summed E-state index contributed by atoms with van der Waals surface area (Å²) < 4.78 is 14.1. The lowest BCUT2D eigenvalue weighted by atomic mass is 9.92. The molecule has 1 saturated carbocycles. The minimum atomic E-state index is -0.179. The van der Waals surface area contributed by atoms with Crippen LogP contribution in [0.5, 0.6) is 0 Å². The fourth-order valence-electron chi connectivity index (χ4n) is 3.18. The minimum Gasteiger partial charge on any atom is -0.368 e. The van der Waals surface area contributed by atoms with Gasteiger partial charge in [-0.3, -0.25) is 0 Å². The average Bonchev–Trinajstić information content (AvgIpc) is 3.18. The molecule has 0 bridgehead atoms.